The molecule has 1 aromatic carbocycles. The molecule has 5 heteroatoms. The number of nitrogens with zero attached hydrogens (tertiary/aromatic N) is 1. The second-order valence-corrected chi connectivity index (χ2v) is 2.96. The van der Waals surface area contributed by atoms with E-state index in [1.54, 1.807) is 18.2 Å². The first-order chi connectivity index (χ1) is 6.67. The van der Waals surface area contributed by atoms with Crippen molar-refractivity contribution in [3.8, 4) is 11.8 Å². The third-order valence-corrected chi connectivity index (χ3v) is 1.69. The molecule has 4 nitrogen and oxygen atoms in total. The molecule has 0 unspecified atom stereocenters. The van der Waals surface area contributed by atoms with Crippen molar-refractivity contribution in [2.45, 2.75) is 0 Å². The van der Waals surface area contributed by atoms with E-state index in [0.29, 0.717) is 17.0 Å². The Morgan fingerprint density at radius 1 is 1.64 bits per heavy atom. The number of ether oxygens (including phenoxy) is 1. The summed E-state index contributed by atoms with van der Waals surface area (Å²) in [6.07, 6.45) is 0. The molecule has 0 aliphatic rings. The van der Waals surface area contributed by atoms with Crippen LogP contribution in [0.5, 0.6) is 5.75 Å². The first-order valence-electron chi connectivity index (χ1n) is 3.82. The monoisotopic (exact) mass is 207 g/mol. The van der Waals surface area contributed by atoms with Crippen LogP contribution in [0.3, 0.4) is 0 Å². The molecule has 0 heterocycles. The van der Waals surface area contributed by atoms with E-state index in [4.69, 9.17) is 15.7 Å². The van der Waals surface area contributed by atoms with Crippen LogP contribution in [-0.4, -0.2) is 12.2 Å². The van der Waals surface area contributed by atoms with Gasteiger partial charge in [0.2, 0.25) is 0 Å². The van der Waals surface area contributed by atoms with Crippen molar-refractivity contribution in [2.75, 3.05) is 12.4 Å². The number of anilines is 1. The summed E-state index contributed by atoms with van der Waals surface area (Å²) in [7, 11) is 1.51. The van der Waals surface area contributed by atoms with E-state index < -0.39 is 0 Å². The molecule has 0 amide bonds. The van der Waals surface area contributed by atoms with E-state index in [1.807, 2.05) is 6.07 Å². The van der Waals surface area contributed by atoms with Crippen LogP contribution in [0.25, 0.3) is 0 Å². The van der Waals surface area contributed by atoms with E-state index in [-0.39, 0.29) is 5.11 Å². The number of nitrogens with one attached hydrogen (secondary N) is 1. The number of thiocarbonyl (C=S) groups is 1. The molecule has 0 atom stereocenters. The van der Waals surface area contributed by atoms with Crippen molar-refractivity contribution in [3.63, 3.8) is 0 Å². The molecule has 0 fully saturated rings. The molecule has 0 spiro atoms. The van der Waals surface area contributed by atoms with Crippen LogP contribution in [0.15, 0.2) is 18.2 Å². The van der Waals surface area contributed by atoms with Crippen molar-refractivity contribution in [2.24, 2.45) is 5.73 Å². The third kappa shape index (κ3) is 2.34. The highest BCUT2D eigenvalue weighted by Crippen LogP contribution is 2.21. The Morgan fingerprint density at radius 3 is 2.86 bits per heavy atom. The van der Waals surface area contributed by atoms with Crippen LogP contribution < -0.4 is 15.8 Å². The lowest BCUT2D eigenvalue weighted by Gasteiger charge is -2.06. The first-order valence-corrected chi connectivity index (χ1v) is 4.23. The van der Waals surface area contributed by atoms with Crippen molar-refractivity contribution >= 4 is 23.0 Å². The Balaban J connectivity index is 3.03. The molecule has 0 aliphatic carbocycles. The van der Waals surface area contributed by atoms with Gasteiger partial charge in [-0.25, -0.2) is 0 Å². The normalized spacial score (nSPS) is 8.86. The summed E-state index contributed by atoms with van der Waals surface area (Å²) in [4.78, 5) is 0. The highest BCUT2D eigenvalue weighted by molar-refractivity contribution is 7.80. The minimum absolute atomic E-state index is 0.166. The summed E-state index contributed by atoms with van der Waals surface area (Å²) in [6.45, 7) is 0. The molecule has 0 saturated heterocycles. The molecular weight excluding hydrogens is 198 g/mol. The SMILES string of the molecule is COc1ccc(NC(N)=S)cc1C#N. The molecule has 0 radical (unpaired) electrons. The predicted molar refractivity (Wildman–Crippen MR) is 58.1 cm³/mol. The van der Waals surface area contributed by atoms with Crippen LogP contribution >= 0.6 is 12.2 Å². The minimum Gasteiger partial charge on any atom is -0.495 e. The van der Waals surface area contributed by atoms with Crippen LogP contribution in [0.4, 0.5) is 5.69 Å². The minimum atomic E-state index is 0.166. The van der Waals surface area contributed by atoms with Crippen LogP contribution in [0.2, 0.25) is 0 Å². The van der Waals surface area contributed by atoms with Gasteiger partial charge >= 0.3 is 0 Å². The molecule has 0 aliphatic heterocycles. The largest absolute Gasteiger partial charge is 0.495 e. The Bertz CT molecular complexity index is 398. The molecule has 0 aromatic heterocycles. The summed E-state index contributed by atoms with van der Waals surface area (Å²) >= 11 is 4.67. The van der Waals surface area contributed by atoms with Gasteiger partial charge in [0.05, 0.1) is 12.7 Å². The zero-order chi connectivity index (χ0) is 10.6. The maximum Gasteiger partial charge on any atom is 0.168 e. The summed E-state index contributed by atoms with van der Waals surface area (Å²) in [5.41, 5.74) is 6.41. The predicted octanol–water partition coefficient (Wildman–Crippen LogP) is 1.22. The van der Waals surface area contributed by atoms with Crippen LogP contribution in [-0.2, 0) is 0 Å². The van der Waals surface area contributed by atoms with Crippen molar-refractivity contribution in [1.29, 1.82) is 5.26 Å². The number of rotatable bonds is 2. The number of methoxy groups -OCH3 is 1. The number of hydrogen-bond donors (Lipinski definition) is 2. The van der Waals surface area contributed by atoms with Gasteiger partial charge in [0.1, 0.15) is 11.8 Å². The highest BCUT2D eigenvalue weighted by atomic mass is 32.1. The van der Waals surface area contributed by atoms with E-state index in [1.165, 1.54) is 7.11 Å². The zero-order valence-electron chi connectivity index (χ0n) is 7.57. The van der Waals surface area contributed by atoms with E-state index in [2.05, 4.69) is 17.5 Å². The molecule has 72 valence electrons. The smallest absolute Gasteiger partial charge is 0.168 e. The van der Waals surface area contributed by atoms with Crippen molar-refractivity contribution in [1.82, 2.24) is 0 Å². The van der Waals surface area contributed by atoms with E-state index >= 15 is 0 Å². The summed E-state index contributed by atoms with van der Waals surface area (Å²) < 4.78 is 4.98. The highest BCUT2D eigenvalue weighted by Gasteiger charge is 2.03. The first kappa shape index (κ1) is 10.3. The average Bonchev–Trinajstić information content (AvgIpc) is 2.16. The number of benzene rings is 1. The fourth-order valence-electron chi connectivity index (χ4n) is 1.02. The number of nitrogens with two attached hydrogens (primary N) is 1. The lowest BCUT2D eigenvalue weighted by atomic mass is 10.2. The second-order valence-electron chi connectivity index (χ2n) is 2.52. The van der Waals surface area contributed by atoms with Crippen LogP contribution in [0, 0.1) is 11.3 Å². The van der Waals surface area contributed by atoms with Gasteiger partial charge in [0.25, 0.3) is 0 Å². The van der Waals surface area contributed by atoms with Crippen molar-refractivity contribution in [3.05, 3.63) is 23.8 Å². The third-order valence-electron chi connectivity index (χ3n) is 1.59. The Kier molecular flexibility index (Phi) is 3.26. The fourth-order valence-corrected chi connectivity index (χ4v) is 1.13. The van der Waals surface area contributed by atoms with E-state index in [0.717, 1.165) is 0 Å². The summed E-state index contributed by atoms with van der Waals surface area (Å²) in [5, 5.41) is 11.7. The molecule has 0 bridgehead atoms. The topological polar surface area (TPSA) is 71.1 Å². The summed E-state index contributed by atoms with van der Waals surface area (Å²) in [6, 6.07) is 7.05. The van der Waals surface area contributed by atoms with Gasteiger partial charge in [-0.15, -0.1) is 0 Å². The lowest BCUT2D eigenvalue weighted by Crippen LogP contribution is -2.18. The average molecular weight is 207 g/mol. The maximum absolute atomic E-state index is 8.79. The summed E-state index contributed by atoms with van der Waals surface area (Å²) in [5.74, 6) is 0.529. The van der Waals surface area contributed by atoms with Gasteiger partial charge in [-0.2, -0.15) is 5.26 Å². The molecule has 3 N–H and O–H groups in total. The van der Waals surface area contributed by atoms with Gasteiger partial charge in [-0.3, -0.25) is 0 Å². The number of hydrogen-bond acceptors (Lipinski definition) is 3. The fraction of sp³-hybridized carbons (Fsp3) is 0.111. The second kappa shape index (κ2) is 4.44. The lowest BCUT2D eigenvalue weighted by molar-refractivity contribution is 0.413. The van der Waals surface area contributed by atoms with Gasteiger partial charge in [0, 0.05) is 5.69 Å². The van der Waals surface area contributed by atoms with E-state index in [9.17, 15) is 0 Å². The van der Waals surface area contributed by atoms with Gasteiger partial charge < -0.3 is 15.8 Å². The Labute approximate surface area is 87.3 Å². The molecule has 1 aromatic rings. The maximum atomic E-state index is 8.79. The van der Waals surface area contributed by atoms with Gasteiger partial charge in [-0.05, 0) is 30.4 Å². The van der Waals surface area contributed by atoms with Crippen LogP contribution in [0.1, 0.15) is 5.56 Å². The standard InChI is InChI=1S/C9H9N3OS/c1-13-8-3-2-7(12-9(11)14)4-6(8)5-10/h2-4H,1H3,(H3,11,12,14). The molecule has 1 rings (SSSR count). The molecule has 14 heavy (non-hydrogen) atoms. The van der Waals surface area contributed by atoms with Gasteiger partial charge in [0.15, 0.2) is 5.11 Å². The zero-order valence-corrected chi connectivity index (χ0v) is 8.39. The Hall–Kier alpha value is -1.80. The quantitative estimate of drug-likeness (QED) is 0.713. The van der Waals surface area contributed by atoms with Crippen molar-refractivity contribution < 1.29 is 4.74 Å². The molecular formula is C9H9N3OS. The van der Waals surface area contributed by atoms with Gasteiger partial charge in [-0.1, -0.05) is 0 Å². The molecule has 0 saturated carbocycles. The Morgan fingerprint density at radius 2 is 2.36 bits per heavy atom. The number of nitriles is 1.